The normalized spacial score (nSPS) is 10.2. The summed E-state index contributed by atoms with van der Waals surface area (Å²) in [6.07, 6.45) is -0.616. The molecule has 2 aromatic carbocycles. The zero-order chi connectivity index (χ0) is 16.7. The number of benzene rings is 2. The van der Waals surface area contributed by atoms with Gasteiger partial charge in [-0.1, -0.05) is 41.9 Å². The van der Waals surface area contributed by atoms with E-state index in [2.05, 4.69) is 0 Å². The van der Waals surface area contributed by atoms with E-state index in [1.807, 2.05) is 30.3 Å². The highest BCUT2D eigenvalue weighted by Gasteiger charge is 2.20. The number of rotatable bonds is 6. The summed E-state index contributed by atoms with van der Waals surface area (Å²) in [6, 6.07) is 15.9. The number of halogens is 2. The fourth-order valence-electron chi connectivity index (χ4n) is 1.90. The van der Waals surface area contributed by atoms with Crippen LogP contribution in [0.2, 0.25) is 5.02 Å². The third-order valence-corrected chi connectivity index (χ3v) is 3.60. The van der Waals surface area contributed by atoms with Crippen LogP contribution >= 0.6 is 23.2 Å². The topological polar surface area (TPSA) is 46.6 Å². The molecule has 0 aliphatic rings. The first-order chi connectivity index (χ1) is 11.1. The van der Waals surface area contributed by atoms with Crippen molar-refractivity contribution in [1.29, 1.82) is 0 Å². The molecule has 0 aromatic heterocycles. The molecular weight excluding hydrogens is 337 g/mol. The van der Waals surface area contributed by atoms with Gasteiger partial charge in [0.25, 0.3) is 0 Å². The molecule has 120 valence electrons. The van der Waals surface area contributed by atoms with E-state index in [-0.39, 0.29) is 24.8 Å². The SMILES string of the molecule is O=C(CCl)CN(C(=O)OCc1ccccc1)c1ccc(Cl)cc1. The van der Waals surface area contributed by atoms with Crippen LogP contribution in [0.5, 0.6) is 0 Å². The maximum absolute atomic E-state index is 12.3. The molecule has 1 amide bonds. The molecular formula is C17H15Cl2NO3. The third-order valence-electron chi connectivity index (χ3n) is 3.05. The zero-order valence-electron chi connectivity index (χ0n) is 12.2. The molecule has 0 fully saturated rings. The summed E-state index contributed by atoms with van der Waals surface area (Å²) in [5.41, 5.74) is 1.38. The molecule has 23 heavy (non-hydrogen) atoms. The van der Waals surface area contributed by atoms with Crippen LogP contribution in [-0.2, 0) is 16.1 Å². The molecule has 2 rings (SSSR count). The molecule has 0 atom stereocenters. The third kappa shape index (κ3) is 5.27. The average molecular weight is 352 g/mol. The number of carbonyl (C=O) groups excluding carboxylic acids is 2. The summed E-state index contributed by atoms with van der Waals surface area (Å²) in [4.78, 5) is 25.2. The number of hydrogen-bond acceptors (Lipinski definition) is 3. The molecule has 0 saturated carbocycles. The molecule has 0 aliphatic carbocycles. The Morgan fingerprint density at radius 3 is 2.26 bits per heavy atom. The van der Waals surface area contributed by atoms with E-state index in [0.717, 1.165) is 5.56 Å². The molecule has 0 heterocycles. The van der Waals surface area contributed by atoms with Crippen molar-refractivity contribution in [3.63, 3.8) is 0 Å². The highest BCUT2D eigenvalue weighted by Crippen LogP contribution is 2.19. The van der Waals surface area contributed by atoms with E-state index in [1.54, 1.807) is 24.3 Å². The number of alkyl halides is 1. The summed E-state index contributed by atoms with van der Waals surface area (Å²) < 4.78 is 5.28. The Morgan fingerprint density at radius 2 is 1.65 bits per heavy atom. The average Bonchev–Trinajstić information content (AvgIpc) is 2.59. The molecule has 0 bridgehead atoms. The fourth-order valence-corrected chi connectivity index (χ4v) is 2.11. The first-order valence-corrected chi connectivity index (χ1v) is 7.83. The Balaban J connectivity index is 2.10. The van der Waals surface area contributed by atoms with Crippen LogP contribution < -0.4 is 4.90 Å². The van der Waals surface area contributed by atoms with Gasteiger partial charge in [-0.05, 0) is 29.8 Å². The Bertz CT molecular complexity index is 659. The van der Waals surface area contributed by atoms with E-state index in [4.69, 9.17) is 27.9 Å². The number of amides is 1. The van der Waals surface area contributed by atoms with E-state index in [1.165, 1.54) is 4.90 Å². The number of carbonyl (C=O) groups is 2. The monoisotopic (exact) mass is 351 g/mol. The number of hydrogen-bond donors (Lipinski definition) is 0. The van der Waals surface area contributed by atoms with Gasteiger partial charge < -0.3 is 4.74 Å². The van der Waals surface area contributed by atoms with Crippen LogP contribution in [0.4, 0.5) is 10.5 Å². The van der Waals surface area contributed by atoms with Crippen LogP contribution in [0.3, 0.4) is 0 Å². The van der Waals surface area contributed by atoms with Crippen molar-refractivity contribution in [2.75, 3.05) is 17.3 Å². The molecule has 0 saturated heterocycles. The number of nitrogens with zero attached hydrogens (tertiary/aromatic N) is 1. The molecule has 0 spiro atoms. The van der Waals surface area contributed by atoms with Crippen LogP contribution in [0.1, 0.15) is 5.56 Å². The maximum Gasteiger partial charge on any atom is 0.415 e. The van der Waals surface area contributed by atoms with Crippen molar-refractivity contribution in [3.05, 3.63) is 65.2 Å². The van der Waals surface area contributed by atoms with Gasteiger partial charge in [0.1, 0.15) is 6.61 Å². The summed E-state index contributed by atoms with van der Waals surface area (Å²) in [5.74, 6) is -0.450. The highest BCUT2D eigenvalue weighted by molar-refractivity contribution is 6.30. The summed E-state index contributed by atoms with van der Waals surface area (Å²) in [7, 11) is 0. The summed E-state index contributed by atoms with van der Waals surface area (Å²) in [6.45, 7) is -0.0302. The van der Waals surface area contributed by atoms with Gasteiger partial charge in [-0.15, -0.1) is 11.6 Å². The van der Waals surface area contributed by atoms with Gasteiger partial charge in [-0.2, -0.15) is 0 Å². The number of ether oxygens (including phenoxy) is 1. The smallest absolute Gasteiger partial charge is 0.415 e. The van der Waals surface area contributed by atoms with Gasteiger partial charge >= 0.3 is 6.09 Å². The first-order valence-electron chi connectivity index (χ1n) is 6.91. The predicted molar refractivity (Wildman–Crippen MR) is 91.2 cm³/mol. The standard InChI is InChI=1S/C17H15Cl2NO3/c18-10-16(21)11-20(15-8-6-14(19)7-9-15)17(22)23-12-13-4-2-1-3-5-13/h1-9H,10-12H2. The van der Waals surface area contributed by atoms with E-state index in [0.29, 0.717) is 10.7 Å². The van der Waals surface area contributed by atoms with Crippen molar-refractivity contribution in [3.8, 4) is 0 Å². The minimum Gasteiger partial charge on any atom is -0.444 e. The Morgan fingerprint density at radius 1 is 1.00 bits per heavy atom. The van der Waals surface area contributed by atoms with Gasteiger partial charge in [0.15, 0.2) is 5.78 Å². The van der Waals surface area contributed by atoms with Crippen LogP contribution in [0.25, 0.3) is 0 Å². The van der Waals surface area contributed by atoms with Gasteiger partial charge in [0.2, 0.25) is 0 Å². The van der Waals surface area contributed by atoms with Crippen molar-refractivity contribution in [2.24, 2.45) is 0 Å². The Hall–Kier alpha value is -2.04. The van der Waals surface area contributed by atoms with E-state index < -0.39 is 6.09 Å². The molecule has 0 unspecified atom stereocenters. The molecule has 0 radical (unpaired) electrons. The Labute approximate surface area is 144 Å². The first kappa shape index (κ1) is 17.3. The van der Waals surface area contributed by atoms with Crippen LogP contribution in [-0.4, -0.2) is 24.3 Å². The van der Waals surface area contributed by atoms with E-state index in [9.17, 15) is 9.59 Å². The highest BCUT2D eigenvalue weighted by atomic mass is 35.5. The minimum atomic E-state index is -0.616. The maximum atomic E-state index is 12.3. The molecule has 2 aromatic rings. The Kier molecular flexibility index (Phi) is 6.44. The fraction of sp³-hybridized carbons (Fsp3) is 0.176. The number of Topliss-reactive ketones (excluding diaryl/α,β-unsaturated/α-hetero) is 1. The van der Waals surface area contributed by atoms with Gasteiger partial charge in [0, 0.05) is 10.7 Å². The number of anilines is 1. The summed E-state index contributed by atoms with van der Waals surface area (Å²) >= 11 is 11.4. The summed E-state index contributed by atoms with van der Waals surface area (Å²) in [5, 5.41) is 0.537. The van der Waals surface area contributed by atoms with E-state index >= 15 is 0 Å². The lowest BCUT2D eigenvalue weighted by Crippen LogP contribution is -2.36. The number of ketones is 1. The van der Waals surface area contributed by atoms with Gasteiger partial charge in [-0.25, -0.2) is 4.79 Å². The predicted octanol–water partition coefficient (Wildman–Crippen LogP) is 4.29. The van der Waals surface area contributed by atoms with Crippen LogP contribution in [0.15, 0.2) is 54.6 Å². The lowest BCUT2D eigenvalue weighted by atomic mass is 10.2. The van der Waals surface area contributed by atoms with Crippen molar-refractivity contribution in [2.45, 2.75) is 6.61 Å². The van der Waals surface area contributed by atoms with Gasteiger partial charge in [0.05, 0.1) is 12.4 Å². The lowest BCUT2D eigenvalue weighted by Gasteiger charge is -2.21. The molecule has 0 N–H and O–H groups in total. The quantitative estimate of drug-likeness (QED) is 0.729. The zero-order valence-corrected chi connectivity index (χ0v) is 13.8. The molecule has 0 aliphatic heterocycles. The molecule has 4 nitrogen and oxygen atoms in total. The largest absolute Gasteiger partial charge is 0.444 e. The van der Waals surface area contributed by atoms with Crippen LogP contribution in [0, 0.1) is 0 Å². The van der Waals surface area contributed by atoms with Crippen molar-refractivity contribution in [1.82, 2.24) is 0 Å². The minimum absolute atomic E-state index is 0.124. The van der Waals surface area contributed by atoms with Crippen molar-refractivity contribution < 1.29 is 14.3 Å². The second kappa shape index (κ2) is 8.56. The molecule has 6 heteroatoms. The second-order valence-corrected chi connectivity index (χ2v) is 5.48. The lowest BCUT2D eigenvalue weighted by molar-refractivity contribution is -0.115. The van der Waals surface area contributed by atoms with Gasteiger partial charge in [-0.3, -0.25) is 9.69 Å². The van der Waals surface area contributed by atoms with Crippen molar-refractivity contribution >= 4 is 40.8 Å². The second-order valence-electron chi connectivity index (χ2n) is 4.78.